The molecule has 0 aromatic carbocycles. The third-order valence-corrected chi connectivity index (χ3v) is 1.48. The summed E-state index contributed by atoms with van der Waals surface area (Å²) in [5.41, 5.74) is 0. The Balaban J connectivity index is 3.71. The van der Waals surface area contributed by atoms with Gasteiger partial charge in [-0.25, -0.2) is 0 Å². The summed E-state index contributed by atoms with van der Waals surface area (Å²) in [7, 11) is 0. The minimum Gasteiger partial charge on any atom is -0.392 e. The molecule has 0 amide bonds. The van der Waals surface area contributed by atoms with E-state index in [9.17, 15) is 9.90 Å². The molecule has 2 heteroatoms. The van der Waals surface area contributed by atoms with E-state index in [0.29, 0.717) is 0 Å². The van der Waals surface area contributed by atoms with Crippen LogP contribution in [0.3, 0.4) is 0 Å². The molecule has 0 spiro atoms. The van der Waals surface area contributed by atoms with Crippen LogP contribution in [0.4, 0.5) is 0 Å². The Morgan fingerprint density at radius 2 is 2.30 bits per heavy atom. The third kappa shape index (κ3) is 3.41. The van der Waals surface area contributed by atoms with Gasteiger partial charge in [0.1, 0.15) is 5.78 Å². The molecule has 0 aromatic heterocycles. The zero-order chi connectivity index (χ0) is 8.15. The second kappa shape index (κ2) is 4.23. The summed E-state index contributed by atoms with van der Waals surface area (Å²) in [6.45, 7) is 6.82. The van der Waals surface area contributed by atoms with Gasteiger partial charge in [-0.15, -0.1) is 6.58 Å². The van der Waals surface area contributed by atoms with Crippen molar-refractivity contribution in [1.82, 2.24) is 0 Å². The summed E-state index contributed by atoms with van der Waals surface area (Å²) in [6.07, 6.45) is 1.32. The molecule has 2 nitrogen and oxygen atoms in total. The molecule has 58 valence electrons. The van der Waals surface area contributed by atoms with E-state index in [4.69, 9.17) is 0 Å². The van der Waals surface area contributed by atoms with Crippen LogP contribution in [0.15, 0.2) is 12.7 Å². The maximum absolute atomic E-state index is 10.5. The molecule has 0 rings (SSSR count). The second-order valence-electron chi connectivity index (χ2n) is 2.57. The Labute approximate surface area is 61.6 Å². The molecule has 0 aliphatic rings. The van der Waals surface area contributed by atoms with Gasteiger partial charge in [-0.2, -0.15) is 0 Å². The number of hydrogen-bond donors (Lipinski definition) is 1. The molecular weight excluding hydrogens is 128 g/mol. The van der Waals surface area contributed by atoms with Crippen molar-refractivity contribution in [3.8, 4) is 0 Å². The molecule has 0 heterocycles. The summed E-state index contributed by atoms with van der Waals surface area (Å²) in [5, 5.41) is 9.20. The molecule has 0 aliphatic heterocycles. The molecule has 0 bridgehead atoms. The van der Waals surface area contributed by atoms with E-state index >= 15 is 0 Å². The van der Waals surface area contributed by atoms with Crippen LogP contribution in [0.2, 0.25) is 0 Å². The zero-order valence-corrected chi connectivity index (χ0v) is 6.50. The van der Waals surface area contributed by atoms with Crippen LogP contribution in [0, 0.1) is 5.92 Å². The minimum atomic E-state index is -0.560. The lowest BCUT2D eigenvalue weighted by molar-refractivity contribution is -0.119. The molecule has 0 fully saturated rings. The molecule has 0 aliphatic carbocycles. The predicted molar refractivity (Wildman–Crippen MR) is 40.7 cm³/mol. The van der Waals surface area contributed by atoms with E-state index in [1.807, 2.05) is 6.92 Å². The van der Waals surface area contributed by atoms with E-state index in [0.717, 1.165) is 0 Å². The van der Waals surface area contributed by atoms with Gasteiger partial charge in [-0.1, -0.05) is 13.0 Å². The second-order valence-corrected chi connectivity index (χ2v) is 2.57. The van der Waals surface area contributed by atoms with E-state index < -0.39 is 6.10 Å². The van der Waals surface area contributed by atoms with Crippen LogP contribution in [-0.2, 0) is 4.79 Å². The maximum atomic E-state index is 10.5. The highest BCUT2D eigenvalue weighted by atomic mass is 16.3. The van der Waals surface area contributed by atoms with Crippen molar-refractivity contribution in [2.45, 2.75) is 26.4 Å². The molecule has 0 saturated heterocycles. The molecule has 0 radical (unpaired) electrons. The van der Waals surface area contributed by atoms with Crippen molar-refractivity contribution in [3.63, 3.8) is 0 Å². The number of rotatable bonds is 4. The number of aliphatic hydroxyl groups excluding tert-OH is 1. The van der Waals surface area contributed by atoms with Gasteiger partial charge in [-0.3, -0.25) is 4.79 Å². The smallest absolute Gasteiger partial charge is 0.132 e. The zero-order valence-electron chi connectivity index (χ0n) is 6.50. The summed E-state index contributed by atoms with van der Waals surface area (Å²) in [5.74, 6) is 0.0186. The third-order valence-electron chi connectivity index (χ3n) is 1.48. The fraction of sp³-hybridized carbons (Fsp3) is 0.625. The van der Waals surface area contributed by atoms with Crippen molar-refractivity contribution in [2.75, 3.05) is 0 Å². The SMILES string of the molecule is C=CC(C)C(O)CC(C)=O. The van der Waals surface area contributed by atoms with E-state index in [-0.39, 0.29) is 18.1 Å². The Kier molecular flexibility index (Phi) is 3.96. The normalized spacial score (nSPS) is 15.9. The Morgan fingerprint density at radius 1 is 1.80 bits per heavy atom. The Bertz CT molecular complexity index is 129. The van der Waals surface area contributed by atoms with Crippen molar-refractivity contribution >= 4 is 5.78 Å². The topological polar surface area (TPSA) is 37.3 Å². The van der Waals surface area contributed by atoms with Gasteiger partial charge < -0.3 is 5.11 Å². The number of ketones is 1. The largest absolute Gasteiger partial charge is 0.392 e. The highest BCUT2D eigenvalue weighted by molar-refractivity contribution is 5.75. The maximum Gasteiger partial charge on any atom is 0.132 e. The highest BCUT2D eigenvalue weighted by Crippen LogP contribution is 2.07. The minimum absolute atomic E-state index is 0.00361. The monoisotopic (exact) mass is 142 g/mol. The van der Waals surface area contributed by atoms with Gasteiger partial charge in [0.25, 0.3) is 0 Å². The molecule has 0 aromatic rings. The van der Waals surface area contributed by atoms with E-state index in [1.54, 1.807) is 6.08 Å². The first-order valence-electron chi connectivity index (χ1n) is 3.38. The van der Waals surface area contributed by atoms with Crippen LogP contribution >= 0.6 is 0 Å². The first-order valence-corrected chi connectivity index (χ1v) is 3.38. The number of carbonyl (C=O) groups is 1. The van der Waals surface area contributed by atoms with Crippen molar-refractivity contribution in [2.24, 2.45) is 5.92 Å². The van der Waals surface area contributed by atoms with Gasteiger partial charge in [0.05, 0.1) is 6.10 Å². The van der Waals surface area contributed by atoms with Gasteiger partial charge in [0, 0.05) is 12.3 Å². The number of carbonyl (C=O) groups excluding carboxylic acids is 1. The number of Topliss-reactive ketones (excluding diaryl/α,β-unsaturated/α-hetero) is 1. The van der Waals surface area contributed by atoms with Crippen LogP contribution in [0.5, 0.6) is 0 Å². The lowest BCUT2D eigenvalue weighted by Crippen LogP contribution is -2.18. The fourth-order valence-electron chi connectivity index (χ4n) is 0.637. The molecule has 1 N–H and O–H groups in total. The molecule has 10 heavy (non-hydrogen) atoms. The van der Waals surface area contributed by atoms with Crippen LogP contribution in [0.1, 0.15) is 20.3 Å². The average molecular weight is 142 g/mol. The summed E-state index contributed by atoms with van der Waals surface area (Å²) < 4.78 is 0. The van der Waals surface area contributed by atoms with E-state index in [1.165, 1.54) is 6.92 Å². The highest BCUT2D eigenvalue weighted by Gasteiger charge is 2.11. The fourth-order valence-corrected chi connectivity index (χ4v) is 0.637. The summed E-state index contributed by atoms with van der Waals surface area (Å²) >= 11 is 0. The first kappa shape index (κ1) is 9.37. The Hall–Kier alpha value is -0.630. The van der Waals surface area contributed by atoms with Crippen molar-refractivity contribution in [1.29, 1.82) is 0 Å². The van der Waals surface area contributed by atoms with Crippen molar-refractivity contribution in [3.05, 3.63) is 12.7 Å². The first-order chi connectivity index (χ1) is 4.57. The van der Waals surface area contributed by atoms with Gasteiger partial charge in [-0.05, 0) is 6.92 Å². The van der Waals surface area contributed by atoms with Crippen molar-refractivity contribution < 1.29 is 9.90 Å². The van der Waals surface area contributed by atoms with Crippen LogP contribution in [-0.4, -0.2) is 17.0 Å². The quantitative estimate of drug-likeness (QED) is 0.598. The number of aliphatic hydroxyl groups is 1. The molecule has 2 unspecified atom stereocenters. The van der Waals surface area contributed by atoms with Gasteiger partial charge in [0.15, 0.2) is 0 Å². The lowest BCUT2D eigenvalue weighted by Gasteiger charge is -2.12. The van der Waals surface area contributed by atoms with Gasteiger partial charge >= 0.3 is 0 Å². The summed E-state index contributed by atoms with van der Waals surface area (Å²) in [4.78, 5) is 10.5. The Morgan fingerprint density at radius 3 is 2.60 bits per heavy atom. The van der Waals surface area contributed by atoms with Crippen LogP contribution in [0.25, 0.3) is 0 Å². The van der Waals surface area contributed by atoms with Gasteiger partial charge in [0.2, 0.25) is 0 Å². The molecular formula is C8H14O2. The summed E-state index contributed by atoms with van der Waals surface area (Å²) in [6, 6.07) is 0. The number of hydrogen-bond acceptors (Lipinski definition) is 2. The predicted octanol–water partition coefficient (Wildman–Crippen LogP) is 1.15. The average Bonchev–Trinajstić information content (AvgIpc) is 1.85. The molecule has 0 saturated carbocycles. The lowest BCUT2D eigenvalue weighted by atomic mass is 10.0. The standard InChI is InChI=1S/C8H14O2/c1-4-6(2)8(10)5-7(3)9/h4,6,8,10H,1,5H2,2-3H3. The van der Waals surface area contributed by atoms with E-state index in [2.05, 4.69) is 6.58 Å². The van der Waals surface area contributed by atoms with Crippen LogP contribution < -0.4 is 0 Å². The molecule has 2 atom stereocenters.